The summed E-state index contributed by atoms with van der Waals surface area (Å²) in [6.45, 7) is 3.65. The van der Waals surface area contributed by atoms with Crippen LogP contribution in [0.1, 0.15) is 39.5 Å². The van der Waals surface area contributed by atoms with E-state index in [0.717, 1.165) is 0 Å². The molecule has 0 spiro atoms. The predicted molar refractivity (Wildman–Crippen MR) is 101 cm³/mol. The highest BCUT2D eigenvalue weighted by molar-refractivity contribution is 5.93. The first-order chi connectivity index (χ1) is 13.0. The van der Waals surface area contributed by atoms with E-state index in [4.69, 9.17) is 22.3 Å². The molecule has 0 fully saturated rings. The molecular formula is C16H30N6O6. The minimum atomic E-state index is -1.46. The lowest BCUT2D eigenvalue weighted by molar-refractivity contribution is -0.144. The van der Waals surface area contributed by atoms with Gasteiger partial charge in [0.15, 0.2) is 5.96 Å². The molecule has 0 aliphatic heterocycles. The normalized spacial score (nSPS) is 14.8. The van der Waals surface area contributed by atoms with Crippen LogP contribution in [0.3, 0.4) is 0 Å². The number of carbonyl (C=O) groups is 4. The Labute approximate surface area is 162 Å². The number of carbonyl (C=O) groups excluding carboxylic acids is 2. The average Bonchev–Trinajstić information content (AvgIpc) is 2.60. The van der Waals surface area contributed by atoms with Crippen molar-refractivity contribution in [3.05, 3.63) is 0 Å². The van der Waals surface area contributed by atoms with Gasteiger partial charge in [-0.3, -0.25) is 19.4 Å². The quantitative estimate of drug-likeness (QED) is 0.102. The van der Waals surface area contributed by atoms with E-state index in [1.165, 1.54) is 0 Å². The largest absolute Gasteiger partial charge is 0.481 e. The second kappa shape index (κ2) is 12.5. The molecular weight excluding hydrogens is 372 g/mol. The van der Waals surface area contributed by atoms with Crippen LogP contribution in [0.4, 0.5) is 0 Å². The summed E-state index contributed by atoms with van der Waals surface area (Å²) >= 11 is 0. The maximum atomic E-state index is 12.4. The molecule has 2 amide bonds. The standard InChI is InChI=1S/C16H30N6O6/c1-3-8(2)12(15(27)28)22-14(26)10(7-11(23)24)21-13(25)9(17)5-4-6-20-16(18)19/h8-10,12H,3-7,17H2,1-2H3,(H,21,25)(H,22,26)(H,23,24)(H,27,28)(H4,18,19,20)/t8-,9-,10-,12-/m0/s1. The van der Waals surface area contributed by atoms with E-state index in [-0.39, 0.29) is 24.8 Å². The lowest BCUT2D eigenvalue weighted by Crippen LogP contribution is -2.56. The molecule has 160 valence electrons. The Morgan fingerprint density at radius 3 is 2.14 bits per heavy atom. The molecule has 0 radical (unpaired) electrons. The van der Waals surface area contributed by atoms with Gasteiger partial charge in [-0.25, -0.2) is 4.79 Å². The van der Waals surface area contributed by atoms with Gasteiger partial charge in [-0.2, -0.15) is 0 Å². The van der Waals surface area contributed by atoms with Crippen LogP contribution in [0.5, 0.6) is 0 Å². The minimum Gasteiger partial charge on any atom is -0.481 e. The van der Waals surface area contributed by atoms with Gasteiger partial charge in [-0.05, 0) is 18.8 Å². The number of aliphatic imine (C=N–C) groups is 1. The van der Waals surface area contributed by atoms with Crippen molar-refractivity contribution in [1.82, 2.24) is 10.6 Å². The summed E-state index contributed by atoms with van der Waals surface area (Å²) in [4.78, 5) is 50.7. The second-order valence-corrected chi connectivity index (χ2v) is 6.42. The Morgan fingerprint density at radius 2 is 1.68 bits per heavy atom. The Kier molecular flexibility index (Phi) is 11.2. The topological polar surface area (TPSA) is 223 Å². The molecule has 0 heterocycles. The predicted octanol–water partition coefficient (Wildman–Crippen LogP) is -2.06. The van der Waals surface area contributed by atoms with Gasteiger partial charge in [0.2, 0.25) is 11.8 Å². The monoisotopic (exact) mass is 402 g/mol. The number of amides is 2. The number of hydrogen-bond acceptors (Lipinski definition) is 6. The molecule has 0 aliphatic carbocycles. The fourth-order valence-electron chi connectivity index (χ4n) is 2.25. The number of rotatable bonds is 13. The number of nitrogens with one attached hydrogen (secondary N) is 2. The molecule has 0 unspecified atom stereocenters. The first-order valence-corrected chi connectivity index (χ1v) is 8.85. The first kappa shape index (κ1) is 25.1. The van der Waals surface area contributed by atoms with Crippen LogP contribution in [-0.4, -0.2) is 64.6 Å². The van der Waals surface area contributed by atoms with Crippen LogP contribution in [0.25, 0.3) is 0 Å². The Balaban J connectivity index is 4.98. The van der Waals surface area contributed by atoms with Gasteiger partial charge in [0.05, 0.1) is 12.5 Å². The molecule has 0 aromatic heterocycles. The van der Waals surface area contributed by atoms with E-state index in [9.17, 15) is 24.3 Å². The van der Waals surface area contributed by atoms with Crippen molar-refractivity contribution < 1.29 is 29.4 Å². The number of hydrogen-bond donors (Lipinski definition) is 7. The third-order valence-electron chi connectivity index (χ3n) is 4.09. The zero-order valence-corrected chi connectivity index (χ0v) is 16.1. The maximum absolute atomic E-state index is 12.4. The van der Waals surface area contributed by atoms with Crippen molar-refractivity contribution in [2.24, 2.45) is 28.1 Å². The number of aliphatic carboxylic acids is 2. The van der Waals surface area contributed by atoms with E-state index in [2.05, 4.69) is 15.6 Å². The molecule has 12 nitrogen and oxygen atoms in total. The van der Waals surface area contributed by atoms with Crippen LogP contribution >= 0.6 is 0 Å². The Bertz CT molecular complexity index is 592. The highest BCUT2D eigenvalue weighted by Crippen LogP contribution is 2.09. The van der Waals surface area contributed by atoms with Crippen LogP contribution < -0.4 is 27.8 Å². The molecule has 10 N–H and O–H groups in total. The Hall–Kier alpha value is -2.89. The summed E-state index contributed by atoms with van der Waals surface area (Å²) in [7, 11) is 0. The van der Waals surface area contributed by atoms with E-state index >= 15 is 0 Å². The highest BCUT2D eigenvalue weighted by Gasteiger charge is 2.31. The smallest absolute Gasteiger partial charge is 0.326 e. The SMILES string of the molecule is CC[C@H](C)[C@H](NC(=O)[C@H](CC(=O)O)NC(=O)[C@@H](N)CCCN=C(N)N)C(=O)O. The van der Waals surface area contributed by atoms with Gasteiger partial charge in [-0.1, -0.05) is 20.3 Å². The lowest BCUT2D eigenvalue weighted by atomic mass is 9.98. The van der Waals surface area contributed by atoms with Gasteiger partial charge < -0.3 is 38.0 Å². The fraction of sp³-hybridized carbons (Fsp3) is 0.688. The molecule has 0 rings (SSSR count). The molecule has 0 saturated heterocycles. The van der Waals surface area contributed by atoms with E-state index in [1.54, 1.807) is 13.8 Å². The van der Waals surface area contributed by atoms with Crippen molar-refractivity contribution in [1.29, 1.82) is 0 Å². The van der Waals surface area contributed by atoms with Crippen LogP contribution in [0.2, 0.25) is 0 Å². The van der Waals surface area contributed by atoms with Gasteiger partial charge in [0, 0.05) is 6.54 Å². The van der Waals surface area contributed by atoms with Crippen molar-refractivity contribution in [3.63, 3.8) is 0 Å². The number of carboxylic acids is 2. The van der Waals surface area contributed by atoms with Crippen LogP contribution in [0, 0.1) is 5.92 Å². The van der Waals surface area contributed by atoms with Crippen molar-refractivity contribution in [2.45, 2.75) is 57.7 Å². The van der Waals surface area contributed by atoms with Crippen LogP contribution in [-0.2, 0) is 19.2 Å². The molecule has 12 heteroatoms. The number of guanidine groups is 1. The minimum absolute atomic E-state index is 0.0921. The molecule has 0 aliphatic rings. The third-order valence-corrected chi connectivity index (χ3v) is 4.09. The second-order valence-electron chi connectivity index (χ2n) is 6.42. The number of nitrogens with two attached hydrogens (primary N) is 3. The summed E-state index contributed by atoms with van der Waals surface area (Å²) in [5, 5.41) is 22.8. The molecule has 28 heavy (non-hydrogen) atoms. The maximum Gasteiger partial charge on any atom is 0.326 e. The summed E-state index contributed by atoms with van der Waals surface area (Å²) in [5.41, 5.74) is 16.1. The van der Waals surface area contributed by atoms with Gasteiger partial charge in [0.25, 0.3) is 0 Å². The number of carboxylic acid groups (broad SMARTS) is 2. The summed E-state index contributed by atoms with van der Waals surface area (Å²) in [5.74, 6) is -4.71. The zero-order chi connectivity index (χ0) is 21.9. The molecule has 0 saturated carbocycles. The molecule has 0 aromatic carbocycles. The zero-order valence-electron chi connectivity index (χ0n) is 16.1. The average molecular weight is 402 g/mol. The van der Waals surface area contributed by atoms with Crippen LogP contribution in [0.15, 0.2) is 4.99 Å². The molecule has 0 bridgehead atoms. The van der Waals surface area contributed by atoms with Gasteiger partial charge in [0.1, 0.15) is 12.1 Å². The van der Waals surface area contributed by atoms with Crippen molar-refractivity contribution in [2.75, 3.05) is 6.54 Å². The van der Waals surface area contributed by atoms with Gasteiger partial charge in [-0.15, -0.1) is 0 Å². The van der Waals surface area contributed by atoms with E-state index in [0.29, 0.717) is 12.8 Å². The fourth-order valence-corrected chi connectivity index (χ4v) is 2.25. The van der Waals surface area contributed by atoms with Crippen molar-refractivity contribution >= 4 is 29.7 Å². The van der Waals surface area contributed by atoms with E-state index < -0.39 is 48.3 Å². The molecule has 0 aromatic rings. The van der Waals surface area contributed by atoms with Gasteiger partial charge >= 0.3 is 11.9 Å². The number of nitrogens with zero attached hydrogens (tertiary/aromatic N) is 1. The lowest BCUT2D eigenvalue weighted by Gasteiger charge is -2.24. The third kappa shape index (κ3) is 9.71. The summed E-state index contributed by atoms with van der Waals surface area (Å²) in [6, 6.07) is -3.68. The van der Waals surface area contributed by atoms with E-state index in [1.807, 2.05) is 0 Å². The highest BCUT2D eigenvalue weighted by atomic mass is 16.4. The summed E-state index contributed by atoms with van der Waals surface area (Å²) < 4.78 is 0. The summed E-state index contributed by atoms with van der Waals surface area (Å²) in [6.07, 6.45) is 0.366. The van der Waals surface area contributed by atoms with Crippen molar-refractivity contribution in [3.8, 4) is 0 Å². The molecule has 4 atom stereocenters. The first-order valence-electron chi connectivity index (χ1n) is 8.85. The Morgan fingerprint density at radius 1 is 1.07 bits per heavy atom.